The molecule has 0 spiro atoms. The van der Waals surface area contributed by atoms with Gasteiger partial charge >= 0.3 is 0 Å². The molecule has 0 aliphatic carbocycles. The van der Waals surface area contributed by atoms with Gasteiger partial charge < -0.3 is 9.15 Å². The molecule has 0 saturated carbocycles. The molecule has 17 heavy (non-hydrogen) atoms. The van der Waals surface area contributed by atoms with E-state index in [-0.39, 0.29) is 0 Å². The zero-order chi connectivity index (χ0) is 11.8. The minimum absolute atomic E-state index is 0.664. The largest absolute Gasteiger partial charge is 0.493 e. The van der Waals surface area contributed by atoms with Gasteiger partial charge in [0.15, 0.2) is 11.3 Å². The van der Waals surface area contributed by atoms with E-state index in [9.17, 15) is 0 Å². The second kappa shape index (κ2) is 3.89. The third-order valence-electron chi connectivity index (χ3n) is 2.66. The molecule has 0 bridgehead atoms. The molecule has 0 radical (unpaired) electrons. The van der Waals surface area contributed by atoms with Gasteiger partial charge in [0.2, 0.25) is 5.89 Å². The lowest BCUT2D eigenvalue weighted by Crippen LogP contribution is -1.81. The first-order chi connectivity index (χ1) is 8.29. The zero-order valence-corrected chi connectivity index (χ0v) is 10.4. The fourth-order valence-electron chi connectivity index (χ4n) is 1.77. The van der Waals surface area contributed by atoms with Crippen LogP contribution in [0.25, 0.3) is 21.9 Å². The molecule has 3 rings (SSSR count). The quantitative estimate of drug-likeness (QED) is 0.687. The third kappa shape index (κ3) is 1.61. The molecule has 0 atom stereocenters. The van der Waals surface area contributed by atoms with Gasteiger partial charge in [-0.15, -0.1) is 11.3 Å². The molecule has 0 unspecified atom stereocenters. The van der Waals surface area contributed by atoms with Crippen molar-refractivity contribution in [2.45, 2.75) is 6.92 Å². The predicted octanol–water partition coefficient (Wildman–Crippen LogP) is 3.87. The Morgan fingerprint density at radius 1 is 1.29 bits per heavy atom. The van der Waals surface area contributed by atoms with Crippen LogP contribution in [-0.4, -0.2) is 12.1 Å². The van der Waals surface area contributed by atoms with Gasteiger partial charge in [-0.1, -0.05) is 6.07 Å². The number of para-hydroxylation sites is 1. The molecular weight excluding hydrogens is 234 g/mol. The smallest absolute Gasteiger partial charge is 0.237 e. The maximum Gasteiger partial charge on any atom is 0.237 e. The van der Waals surface area contributed by atoms with Gasteiger partial charge in [-0.2, -0.15) is 0 Å². The SMILES string of the molecule is COc1cccc2nc(-c3sccc3C)oc12. The number of fused-ring (bicyclic) bond motifs is 1. The van der Waals surface area contributed by atoms with Crippen molar-refractivity contribution in [3.8, 4) is 16.5 Å². The van der Waals surface area contributed by atoms with E-state index in [0.29, 0.717) is 11.5 Å². The molecular formula is C13H11NO2S. The van der Waals surface area contributed by atoms with Gasteiger partial charge in [0, 0.05) is 0 Å². The number of rotatable bonds is 2. The molecule has 1 aromatic carbocycles. The van der Waals surface area contributed by atoms with Crippen LogP contribution in [0, 0.1) is 6.92 Å². The molecule has 0 saturated heterocycles. The Bertz CT molecular complexity index is 669. The van der Waals surface area contributed by atoms with E-state index in [0.717, 1.165) is 16.1 Å². The summed E-state index contributed by atoms with van der Waals surface area (Å²) in [6, 6.07) is 7.77. The number of nitrogens with zero attached hydrogens (tertiary/aromatic N) is 1. The van der Waals surface area contributed by atoms with Crippen molar-refractivity contribution in [3.05, 3.63) is 35.2 Å². The number of benzene rings is 1. The first-order valence-corrected chi connectivity index (χ1v) is 6.15. The Hall–Kier alpha value is -1.81. The van der Waals surface area contributed by atoms with Gasteiger partial charge in [0.05, 0.1) is 12.0 Å². The summed E-state index contributed by atoms with van der Waals surface area (Å²) in [7, 11) is 1.63. The summed E-state index contributed by atoms with van der Waals surface area (Å²) in [6.45, 7) is 2.05. The maximum absolute atomic E-state index is 5.79. The molecule has 4 heteroatoms. The van der Waals surface area contributed by atoms with Crippen LogP contribution in [0.1, 0.15) is 5.56 Å². The number of aryl methyl sites for hydroxylation is 1. The molecule has 86 valence electrons. The molecule has 0 aliphatic heterocycles. The van der Waals surface area contributed by atoms with Crippen LogP contribution in [0.15, 0.2) is 34.1 Å². The van der Waals surface area contributed by atoms with E-state index < -0.39 is 0 Å². The molecule has 2 heterocycles. The fourth-order valence-corrected chi connectivity index (χ4v) is 2.62. The lowest BCUT2D eigenvalue weighted by atomic mass is 10.3. The standard InChI is InChI=1S/C13H11NO2S/c1-8-6-7-17-12(8)13-14-9-4-3-5-10(15-2)11(9)16-13/h3-7H,1-2H3. The number of hydrogen-bond acceptors (Lipinski definition) is 4. The summed E-state index contributed by atoms with van der Waals surface area (Å²) in [5.74, 6) is 1.38. The Morgan fingerprint density at radius 3 is 2.88 bits per heavy atom. The summed E-state index contributed by atoms with van der Waals surface area (Å²) in [6.07, 6.45) is 0. The summed E-state index contributed by atoms with van der Waals surface area (Å²) in [5, 5.41) is 2.04. The summed E-state index contributed by atoms with van der Waals surface area (Å²) < 4.78 is 11.0. The highest BCUT2D eigenvalue weighted by atomic mass is 32.1. The Kier molecular flexibility index (Phi) is 2.37. The van der Waals surface area contributed by atoms with Crippen molar-refractivity contribution in [2.24, 2.45) is 0 Å². The lowest BCUT2D eigenvalue weighted by molar-refractivity contribution is 0.411. The highest BCUT2D eigenvalue weighted by Gasteiger charge is 2.14. The predicted molar refractivity (Wildman–Crippen MR) is 68.6 cm³/mol. The monoisotopic (exact) mass is 245 g/mol. The van der Waals surface area contributed by atoms with E-state index in [2.05, 4.69) is 18.0 Å². The van der Waals surface area contributed by atoms with Gasteiger partial charge in [0.1, 0.15) is 5.52 Å². The number of aromatic nitrogens is 1. The number of oxazole rings is 1. The van der Waals surface area contributed by atoms with Crippen molar-refractivity contribution in [1.82, 2.24) is 4.98 Å². The Morgan fingerprint density at radius 2 is 2.18 bits per heavy atom. The molecule has 0 N–H and O–H groups in total. The van der Waals surface area contributed by atoms with Gasteiger partial charge in [-0.3, -0.25) is 0 Å². The molecule has 0 fully saturated rings. The number of ether oxygens (including phenoxy) is 1. The second-order valence-corrected chi connectivity index (χ2v) is 4.68. The summed E-state index contributed by atoms with van der Waals surface area (Å²) in [5.41, 5.74) is 2.71. The Balaban J connectivity index is 2.24. The van der Waals surface area contributed by atoms with Gasteiger partial charge in [-0.25, -0.2) is 4.98 Å². The third-order valence-corrected chi connectivity index (χ3v) is 3.66. The number of thiophene rings is 1. The van der Waals surface area contributed by atoms with E-state index >= 15 is 0 Å². The van der Waals surface area contributed by atoms with Crippen molar-refractivity contribution in [3.63, 3.8) is 0 Å². The van der Waals surface area contributed by atoms with Crippen molar-refractivity contribution in [2.75, 3.05) is 7.11 Å². The van der Waals surface area contributed by atoms with Crippen LogP contribution in [0.4, 0.5) is 0 Å². The molecule has 0 aliphatic rings. The normalized spacial score (nSPS) is 10.9. The fraction of sp³-hybridized carbons (Fsp3) is 0.154. The van der Waals surface area contributed by atoms with Gasteiger partial charge in [0.25, 0.3) is 0 Å². The Labute approximate surface area is 103 Å². The van der Waals surface area contributed by atoms with Crippen molar-refractivity contribution in [1.29, 1.82) is 0 Å². The maximum atomic E-state index is 5.79. The van der Waals surface area contributed by atoms with Crippen LogP contribution in [0.2, 0.25) is 0 Å². The van der Waals surface area contributed by atoms with Crippen LogP contribution in [0.3, 0.4) is 0 Å². The van der Waals surface area contributed by atoms with Crippen LogP contribution >= 0.6 is 11.3 Å². The van der Waals surface area contributed by atoms with Crippen molar-refractivity contribution >= 4 is 22.4 Å². The van der Waals surface area contributed by atoms with Crippen LogP contribution in [0.5, 0.6) is 5.75 Å². The molecule has 3 aromatic rings. The second-order valence-electron chi connectivity index (χ2n) is 3.76. The minimum Gasteiger partial charge on any atom is -0.493 e. The molecule has 0 amide bonds. The highest BCUT2D eigenvalue weighted by Crippen LogP contribution is 2.34. The molecule has 3 nitrogen and oxygen atoms in total. The molecule has 2 aromatic heterocycles. The van der Waals surface area contributed by atoms with E-state index in [1.165, 1.54) is 5.56 Å². The van der Waals surface area contributed by atoms with E-state index in [1.807, 2.05) is 23.6 Å². The topological polar surface area (TPSA) is 35.3 Å². The van der Waals surface area contributed by atoms with Gasteiger partial charge in [-0.05, 0) is 36.1 Å². The number of methoxy groups -OCH3 is 1. The first-order valence-electron chi connectivity index (χ1n) is 5.27. The first kappa shape index (κ1) is 10.4. The lowest BCUT2D eigenvalue weighted by Gasteiger charge is -1.97. The highest BCUT2D eigenvalue weighted by molar-refractivity contribution is 7.13. The van der Waals surface area contributed by atoms with Crippen LogP contribution in [-0.2, 0) is 0 Å². The number of hydrogen-bond donors (Lipinski definition) is 0. The van der Waals surface area contributed by atoms with Crippen LogP contribution < -0.4 is 4.74 Å². The van der Waals surface area contributed by atoms with E-state index in [1.54, 1.807) is 18.4 Å². The summed E-state index contributed by atoms with van der Waals surface area (Å²) >= 11 is 1.63. The summed E-state index contributed by atoms with van der Waals surface area (Å²) in [4.78, 5) is 5.56. The average molecular weight is 245 g/mol. The minimum atomic E-state index is 0.664. The van der Waals surface area contributed by atoms with Crippen molar-refractivity contribution < 1.29 is 9.15 Å². The average Bonchev–Trinajstić information content (AvgIpc) is 2.93. The van der Waals surface area contributed by atoms with E-state index in [4.69, 9.17) is 9.15 Å². The zero-order valence-electron chi connectivity index (χ0n) is 9.56.